The van der Waals surface area contributed by atoms with Gasteiger partial charge in [-0.05, 0) is 6.42 Å². The van der Waals surface area contributed by atoms with Gasteiger partial charge in [0.15, 0.2) is 0 Å². The Balaban J connectivity index is 2.53. The van der Waals surface area contributed by atoms with Crippen LogP contribution in [0.15, 0.2) is 0 Å². The van der Waals surface area contributed by atoms with Crippen LogP contribution in [-0.4, -0.2) is 41.2 Å². The lowest BCUT2D eigenvalue weighted by Crippen LogP contribution is -2.35. The van der Waals surface area contributed by atoms with Gasteiger partial charge in [-0.25, -0.2) is 0 Å². The van der Waals surface area contributed by atoms with Crippen molar-refractivity contribution in [3.8, 4) is 0 Å². The van der Waals surface area contributed by atoms with Gasteiger partial charge in [0.1, 0.15) is 12.2 Å². The summed E-state index contributed by atoms with van der Waals surface area (Å²) in [5.74, 6) is 0. The minimum Gasteiger partial charge on any atom is -0.388 e. The van der Waals surface area contributed by atoms with Crippen LogP contribution < -0.4 is 5.73 Å². The second-order valence-electron chi connectivity index (χ2n) is 2.84. The van der Waals surface area contributed by atoms with E-state index in [1.165, 1.54) is 0 Å². The fourth-order valence-electron chi connectivity index (χ4n) is 1.36. The summed E-state index contributed by atoms with van der Waals surface area (Å²) < 4.78 is 5.26. The molecule has 0 spiro atoms. The lowest BCUT2D eigenvalue weighted by atomic mass is 10.1. The summed E-state index contributed by atoms with van der Waals surface area (Å²) in [6, 6.07) is 0. The standard InChI is InChI=1S/C7H15NO3/c1-2-4-6(9)7(10)5(3-8)11-4/h4-7,9-10H,2-3,8H2,1H3/t4-,5+,6-,7+/m0/s1. The second-order valence-corrected chi connectivity index (χ2v) is 2.84. The average molecular weight is 161 g/mol. The van der Waals surface area contributed by atoms with Crippen molar-refractivity contribution >= 4 is 0 Å². The van der Waals surface area contributed by atoms with Gasteiger partial charge in [-0.2, -0.15) is 0 Å². The molecule has 0 aliphatic carbocycles. The molecule has 1 heterocycles. The third-order valence-electron chi connectivity index (χ3n) is 2.10. The first kappa shape index (κ1) is 8.93. The van der Waals surface area contributed by atoms with Crippen molar-refractivity contribution in [1.82, 2.24) is 0 Å². The van der Waals surface area contributed by atoms with Crippen LogP contribution in [0.25, 0.3) is 0 Å². The van der Waals surface area contributed by atoms with Crippen LogP contribution in [0.5, 0.6) is 0 Å². The SMILES string of the molecule is CC[C@@H]1O[C@H](CN)[C@@H](O)[C@H]1O. The highest BCUT2D eigenvalue weighted by molar-refractivity contribution is 4.90. The minimum absolute atomic E-state index is 0.251. The van der Waals surface area contributed by atoms with E-state index >= 15 is 0 Å². The van der Waals surface area contributed by atoms with E-state index in [1.807, 2.05) is 6.92 Å². The fraction of sp³-hybridized carbons (Fsp3) is 1.00. The van der Waals surface area contributed by atoms with Crippen molar-refractivity contribution in [2.75, 3.05) is 6.54 Å². The molecule has 1 rings (SSSR count). The smallest absolute Gasteiger partial charge is 0.110 e. The van der Waals surface area contributed by atoms with Gasteiger partial charge in [0.25, 0.3) is 0 Å². The van der Waals surface area contributed by atoms with Crippen LogP contribution in [0.4, 0.5) is 0 Å². The lowest BCUT2D eigenvalue weighted by Gasteiger charge is -2.11. The van der Waals surface area contributed by atoms with Gasteiger partial charge < -0.3 is 20.7 Å². The van der Waals surface area contributed by atoms with E-state index < -0.39 is 18.3 Å². The largest absolute Gasteiger partial charge is 0.388 e. The highest BCUT2D eigenvalue weighted by Gasteiger charge is 2.40. The predicted molar refractivity (Wildman–Crippen MR) is 40.0 cm³/mol. The number of rotatable bonds is 2. The van der Waals surface area contributed by atoms with Crippen LogP contribution in [-0.2, 0) is 4.74 Å². The maximum Gasteiger partial charge on any atom is 0.110 e. The number of aliphatic hydroxyl groups is 2. The van der Waals surface area contributed by atoms with E-state index in [-0.39, 0.29) is 12.6 Å². The summed E-state index contributed by atoms with van der Waals surface area (Å²) in [4.78, 5) is 0. The van der Waals surface area contributed by atoms with E-state index in [0.29, 0.717) is 6.42 Å². The molecule has 0 aromatic rings. The van der Waals surface area contributed by atoms with E-state index in [1.54, 1.807) is 0 Å². The summed E-state index contributed by atoms with van der Waals surface area (Å²) in [7, 11) is 0. The van der Waals surface area contributed by atoms with Crippen molar-refractivity contribution in [2.24, 2.45) is 5.73 Å². The van der Waals surface area contributed by atoms with E-state index in [0.717, 1.165) is 0 Å². The Morgan fingerprint density at radius 3 is 2.09 bits per heavy atom. The van der Waals surface area contributed by atoms with Crippen molar-refractivity contribution in [3.63, 3.8) is 0 Å². The van der Waals surface area contributed by atoms with Gasteiger partial charge >= 0.3 is 0 Å². The summed E-state index contributed by atoms with van der Waals surface area (Å²) >= 11 is 0. The summed E-state index contributed by atoms with van der Waals surface area (Å²) in [5, 5.41) is 18.6. The normalized spacial score (nSPS) is 44.7. The molecule has 0 aromatic carbocycles. The number of ether oxygens (including phenoxy) is 1. The number of hydrogen-bond acceptors (Lipinski definition) is 4. The molecule has 4 heteroatoms. The van der Waals surface area contributed by atoms with Gasteiger partial charge in [-0.3, -0.25) is 0 Å². The molecule has 1 aliphatic heterocycles. The van der Waals surface area contributed by atoms with E-state index in [2.05, 4.69) is 0 Å². The molecule has 4 nitrogen and oxygen atoms in total. The maximum atomic E-state index is 9.33. The Kier molecular flexibility index (Phi) is 2.84. The quantitative estimate of drug-likeness (QED) is 0.477. The maximum absolute atomic E-state index is 9.33. The first-order valence-electron chi connectivity index (χ1n) is 3.92. The Labute approximate surface area is 66.0 Å². The molecule has 0 saturated carbocycles. The first-order chi connectivity index (χ1) is 5.20. The summed E-state index contributed by atoms with van der Waals surface area (Å²) in [6.07, 6.45) is -1.53. The molecule has 1 saturated heterocycles. The topological polar surface area (TPSA) is 75.7 Å². The third-order valence-corrected chi connectivity index (χ3v) is 2.10. The Bertz CT molecular complexity index is 113. The van der Waals surface area contributed by atoms with Crippen molar-refractivity contribution in [3.05, 3.63) is 0 Å². The monoisotopic (exact) mass is 161 g/mol. The van der Waals surface area contributed by atoms with Crippen molar-refractivity contribution in [1.29, 1.82) is 0 Å². The predicted octanol–water partition coefficient (Wildman–Crippen LogP) is -1.16. The molecule has 0 aromatic heterocycles. The molecule has 1 fully saturated rings. The molecule has 4 N–H and O–H groups in total. The zero-order chi connectivity index (χ0) is 8.43. The lowest BCUT2D eigenvalue weighted by molar-refractivity contribution is 0.0110. The number of nitrogens with two attached hydrogens (primary N) is 1. The van der Waals surface area contributed by atoms with E-state index in [4.69, 9.17) is 10.5 Å². The Morgan fingerprint density at radius 2 is 1.82 bits per heavy atom. The van der Waals surface area contributed by atoms with Crippen LogP contribution in [0.2, 0.25) is 0 Å². The van der Waals surface area contributed by atoms with Crippen LogP contribution in [0, 0.1) is 0 Å². The molecule has 0 amide bonds. The first-order valence-corrected chi connectivity index (χ1v) is 3.92. The second kappa shape index (κ2) is 3.49. The van der Waals surface area contributed by atoms with Gasteiger partial charge in [-0.15, -0.1) is 0 Å². The minimum atomic E-state index is -0.815. The molecule has 11 heavy (non-hydrogen) atoms. The molecule has 4 atom stereocenters. The highest BCUT2D eigenvalue weighted by atomic mass is 16.5. The van der Waals surface area contributed by atoms with Crippen LogP contribution in [0.3, 0.4) is 0 Å². The molecular formula is C7H15NO3. The Morgan fingerprint density at radius 1 is 1.27 bits per heavy atom. The van der Waals surface area contributed by atoms with E-state index in [9.17, 15) is 10.2 Å². The molecular weight excluding hydrogens is 146 g/mol. The van der Waals surface area contributed by atoms with Gasteiger partial charge in [0.2, 0.25) is 0 Å². The van der Waals surface area contributed by atoms with Crippen molar-refractivity contribution < 1.29 is 14.9 Å². The Hall–Kier alpha value is -0.160. The average Bonchev–Trinajstić information content (AvgIpc) is 2.30. The molecule has 0 radical (unpaired) electrons. The highest BCUT2D eigenvalue weighted by Crippen LogP contribution is 2.22. The van der Waals surface area contributed by atoms with Crippen LogP contribution >= 0.6 is 0 Å². The fourth-order valence-corrected chi connectivity index (χ4v) is 1.36. The molecule has 0 unspecified atom stereocenters. The van der Waals surface area contributed by atoms with Crippen molar-refractivity contribution in [2.45, 2.75) is 37.8 Å². The molecule has 0 bridgehead atoms. The van der Waals surface area contributed by atoms with Gasteiger partial charge in [0.05, 0.1) is 12.2 Å². The zero-order valence-corrected chi connectivity index (χ0v) is 6.60. The third kappa shape index (κ3) is 1.54. The summed E-state index contributed by atoms with van der Waals surface area (Å²) in [5.41, 5.74) is 5.31. The van der Waals surface area contributed by atoms with Gasteiger partial charge in [0, 0.05) is 6.54 Å². The summed E-state index contributed by atoms with van der Waals surface area (Å²) in [6.45, 7) is 2.16. The molecule has 66 valence electrons. The number of aliphatic hydroxyl groups excluding tert-OH is 2. The van der Waals surface area contributed by atoms with Crippen LogP contribution in [0.1, 0.15) is 13.3 Å². The zero-order valence-electron chi connectivity index (χ0n) is 6.60. The molecule has 1 aliphatic rings. The number of hydrogen-bond donors (Lipinski definition) is 3. The van der Waals surface area contributed by atoms with Gasteiger partial charge in [-0.1, -0.05) is 6.92 Å².